The van der Waals surface area contributed by atoms with Crippen molar-refractivity contribution in [2.45, 2.75) is 116 Å². The van der Waals surface area contributed by atoms with Gasteiger partial charge >= 0.3 is 0 Å². The normalized spacial score (nSPS) is 21.4. The Hall–Kier alpha value is -3.76. The third kappa shape index (κ3) is 9.12. The minimum atomic E-state index is -0.466. The van der Waals surface area contributed by atoms with Gasteiger partial charge in [-0.05, 0) is 93.9 Å². The van der Waals surface area contributed by atoms with E-state index in [9.17, 15) is 20.2 Å². The summed E-state index contributed by atoms with van der Waals surface area (Å²) >= 11 is 0. The van der Waals surface area contributed by atoms with Crippen molar-refractivity contribution in [3.63, 3.8) is 0 Å². The van der Waals surface area contributed by atoms with Gasteiger partial charge < -0.3 is 9.68 Å². The van der Waals surface area contributed by atoms with Crippen molar-refractivity contribution in [2.75, 3.05) is 0 Å². The van der Waals surface area contributed by atoms with Crippen LogP contribution in [0.25, 0.3) is 11.5 Å². The van der Waals surface area contributed by atoms with Gasteiger partial charge in [-0.1, -0.05) is 60.7 Å². The number of nitrogens with zero attached hydrogens (tertiary/aromatic N) is 4. The second kappa shape index (κ2) is 13.9. The van der Waals surface area contributed by atoms with Crippen LogP contribution in [0.2, 0.25) is 0 Å². The van der Waals surface area contributed by atoms with E-state index < -0.39 is 9.85 Å². The zero-order valence-corrected chi connectivity index (χ0v) is 27.4. The first-order valence-corrected chi connectivity index (χ1v) is 15.2. The van der Waals surface area contributed by atoms with Gasteiger partial charge in [0.15, 0.2) is 0 Å². The molecule has 4 rings (SSSR count). The van der Waals surface area contributed by atoms with Gasteiger partial charge in [0.1, 0.15) is 0 Å². The van der Waals surface area contributed by atoms with Crippen LogP contribution in [0.3, 0.4) is 0 Å². The van der Waals surface area contributed by atoms with Gasteiger partial charge in [-0.25, -0.2) is 0 Å². The van der Waals surface area contributed by atoms with E-state index in [2.05, 4.69) is 55.4 Å². The van der Waals surface area contributed by atoms with Gasteiger partial charge in [0.05, 0.1) is 32.0 Å². The summed E-state index contributed by atoms with van der Waals surface area (Å²) in [5, 5.41) is 25.8. The maximum absolute atomic E-state index is 11.0. The molecule has 0 N–H and O–H groups in total. The molecule has 0 spiro atoms. The van der Waals surface area contributed by atoms with E-state index in [0.717, 1.165) is 50.9 Å². The van der Waals surface area contributed by atoms with Crippen molar-refractivity contribution < 1.29 is 19.5 Å². The fourth-order valence-corrected chi connectivity index (χ4v) is 6.34. The fourth-order valence-electron chi connectivity index (χ4n) is 6.34. The molecule has 0 saturated carbocycles. The topological polar surface area (TPSA) is 111 Å². The zero-order valence-electron chi connectivity index (χ0n) is 27.4. The number of benzene rings is 2. The van der Waals surface area contributed by atoms with Crippen LogP contribution >= 0.6 is 0 Å². The molecule has 44 heavy (non-hydrogen) atoms. The molecule has 0 atom stereocenters. The highest BCUT2D eigenvalue weighted by atomic mass is 16.7. The molecule has 2 heterocycles. The third-order valence-electron chi connectivity index (χ3n) is 8.29. The van der Waals surface area contributed by atoms with Crippen LogP contribution in [0, 0.1) is 20.2 Å². The van der Waals surface area contributed by atoms with E-state index in [1.807, 2.05) is 70.8 Å². The number of nitro groups is 2. The highest BCUT2D eigenvalue weighted by molar-refractivity contribution is 5.59. The molecule has 2 aromatic carbocycles. The Bertz CT molecular complexity index is 1200. The molecule has 0 bridgehead atoms. The summed E-state index contributed by atoms with van der Waals surface area (Å²) in [5.74, 6) is 0.544. The van der Waals surface area contributed by atoms with Gasteiger partial charge in [0, 0.05) is 11.1 Å². The smallest absolute Gasteiger partial charge is 0.279 e. The molecule has 0 radical (unpaired) electrons. The Kier molecular flexibility index (Phi) is 11.0. The summed E-state index contributed by atoms with van der Waals surface area (Å²) in [6.45, 7) is 16.9. The predicted octanol–water partition coefficient (Wildman–Crippen LogP) is 8.47. The SMILES string of the molecule is CC1(C)CCCC(C)(C)N1O/C(=C/[N+](=O)[O-])c1ccccc1.CC1(C)CCCC(C)(C)N1O/C(=C/[N+](=O)[O-])c1ccccc1. The second-order valence-corrected chi connectivity index (χ2v) is 14.0. The van der Waals surface area contributed by atoms with Crippen molar-refractivity contribution in [1.29, 1.82) is 0 Å². The lowest BCUT2D eigenvalue weighted by molar-refractivity contribution is -0.404. The van der Waals surface area contributed by atoms with E-state index in [-0.39, 0.29) is 33.7 Å². The van der Waals surface area contributed by atoms with Crippen LogP contribution in [-0.4, -0.2) is 42.1 Å². The molecule has 0 aromatic heterocycles. The van der Waals surface area contributed by atoms with E-state index in [0.29, 0.717) is 11.1 Å². The third-order valence-corrected chi connectivity index (χ3v) is 8.29. The summed E-state index contributed by atoms with van der Waals surface area (Å²) in [5.41, 5.74) is 0.712. The largest absolute Gasteiger partial charge is 0.398 e. The second-order valence-electron chi connectivity index (χ2n) is 14.0. The summed E-state index contributed by atoms with van der Waals surface area (Å²) in [6, 6.07) is 18.4. The van der Waals surface area contributed by atoms with Crippen LogP contribution < -0.4 is 0 Å². The molecular weight excluding hydrogens is 560 g/mol. The van der Waals surface area contributed by atoms with E-state index in [4.69, 9.17) is 9.68 Å². The molecule has 10 nitrogen and oxygen atoms in total. The number of hydrogen-bond donors (Lipinski definition) is 0. The molecule has 2 aromatic rings. The van der Waals surface area contributed by atoms with Crippen molar-refractivity contribution in [3.8, 4) is 0 Å². The lowest BCUT2D eigenvalue weighted by atomic mass is 9.82. The van der Waals surface area contributed by atoms with E-state index >= 15 is 0 Å². The fraction of sp³-hybridized carbons (Fsp3) is 0.529. The maximum Gasteiger partial charge on any atom is 0.279 e. The van der Waals surface area contributed by atoms with Crippen molar-refractivity contribution >= 4 is 11.5 Å². The summed E-state index contributed by atoms with van der Waals surface area (Å²) in [6.07, 6.45) is 8.12. The minimum absolute atomic E-state index is 0.174. The van der Waals surface area contributed by atoms with Gasteiger partial charge in [-0.15, -0.1) is 10.1 Å². The zero-order chi connectivity index (χ0) is 32.8. The van der Waals surface area contributed by atoms with Gasteiger partial charge in [0.25, 0.3) is 12.4 Å². The average Bonchev–Trinajstić information content (AvgIpc) is 2.92. The molecule has 0 aliphatic carbocycles. The predicted molar refractivity (Wildman–Crippen MR) is 173 cm³/mol. The maximum atomic E-state index is 11.0. The highest BCUT2D eigenvalue weighted by Crippen LogP contribution is 2.41. The number of piperidine rings is 2. The van der Waals surface area contributed by atoms with Crippen molar-refractivity contribution in [2.24, 2.45) is 0 Å². The molecule has 0 amide bonds. The first-order chi connectivity index (χ1) is 20.4. The van der Waals surface area contributed by atoms with Crippen LogP contribution in [-0.2, 0) is 9.68 Å². The molecule has 2 saturated heterocycles. The molecule has 2 aliphatic heterocycles. The first-order valence-electron chi connectivity index (χ1n) is 15.2. The van der Waals surface area contributed by atoms with Crippen LogP contribution in [0.4, 0.5) is 0 Å². The Labute approximate surface area is 261 Å². The Morgan fingerprint density at radius 1 is 0.591 bits per heavy atom. The van der Waals surface area contributed by atoms with Crippen molar-refractivity contribution in [1.82, 2.24) is 10.1 Å². The van der Waals surface area contributed by atoms with Crippen LogP contribution in [0.5, 0.6) is 0 Å². The molecule has 10 heteroatoms. The number of hydroxylamine groups is 4. The Morgan fingerprint density at radius 2 is 0.864 bits per heavy atom. The Balaban J connectivity index is 0.000000240. The molecule has 240 valence electrons. The van der Waals surface area contributed by atoms with Crippen LogP contribution in [0.1, 0.15) is 105 Å². The molecule has 0 unspecified atom stereocenters. The summed E-state index contributed by atoms with van der Waals surface area (Å²) < 4.78 is 0. The summed E-state index contributed by atoms with van der Waals surface area (Å²) in [7, 11) is 0. The number of rotatable bonds is 8. The van der Waals surface area contributed by atoms with Gasteiger partial charge in [0.2, 0.25) is 11.5 Å². The minimum Gasteiger partial charge on any atom is -0.398 e. The molecule has 2 aliphatic rings. The molecular formula is C34H48N4O6. The van der Waals surface area contributed by atoms with Gasteiger partial charge in [-0.2, -0.15) is 0 Å². The number of hydrogen-bond acceptors (Lipinski definition) is 8. The first kappa shape index (κ1) is 34.7. The highest BCUT2D eigenvalue weighted by Gasteiger charge is 2.45. The quantitative estimate of drug-likeness (QED) is 0.167. The summed E-state index contributed by atoms with van der Waals surface area (Å²) in [4.78, 5) is 33.2. The van der Waals surface area contributed by atoms with Crippen molar-refractivity contribution in [3.05, 3.63) is 104 Å². The van der Waals surface area contributed by atoms with Gasteiger partial charge in [-0.3, -0.25) is 20.2 Å². The average molecular weight is 609 g/mol. The van der Waals surface area contributed by atoms with Crippen LogP contribution in [0.15, 0.2) is 73.1 Å². The Morgan fingerprint density at radius 3 is 1.11 bits per heavy atom. The monoisotopic (exact) mass is 608 g/mol. The molecule has 2 fully saturated rings. The lowest BCUT2D eigenvalue weighted by Gasteiger charge is -2.50. The van der Waals surface area contributed by atoms with E-state index in [1.165, 1.54) is 0 Å². The van der Waals surface area contributed by atoms with E-state index in [1.54, 1.807) is 0 Å². The standard InChI is InChI=1S/2C17H24N2O3/c2*1-16(2)11-8-12-17(3,4)19(16)22-15(13-18(20)21)14-9-6-5-7-10-14/h2*5-7,9-10,13H,8,11-12H2,1-4H3/b2*15-13+. The lowest BCUT2D eigenvalue weighted by Crippen LogP contribution is -2.57.